The number of urea groups is 1. The highest BCUT2D eigenvalue weighted by molar-refractivity contribution is 5.74. The van der Waals surface area contributed by atoms with Gasteiger partial charge in [-0.15, -0.1) is 0 Å². The third-order valence-corrected chi connectivity index (χ3v) is 2.91. The van der Waals surface area contributed by atoms with Crippen molar-refractivity contribution in [2.24, 2.45) is 0 Å². The van der Waals surface area contributed by atoms with E-state index in [0.29, 0.717) is 18.3 Å². The number of amides is 2. The highest BCUT2D eigenvalue weighted by Crippen LogP contribution is 2.26. The topological polar surface area (TPSA) is 61.8 Å². The zero-order chi connectivity index (χ0) is 13.1. The molecular formula is C13H18N2O3. The fourth-order valence-corrected chi connectivity index (χ4v) is 1.69. The molecule has 1 aromatic carbocycles. The van der Waals surface area contributed by atoms with E-state index in [2.05, 4.69) is 5.32 Å². The van der Waals surface area contributed by atoms with Crippen LogP contribution in [0, 0.1) is 0 Å². The highest BCUT2D eigenvalue weighted by Gasteiger charge is 2.24. The van der Waals surface area contributed by atoms with Gasteiger partial charge < -0.3 is 20.1 Å². The maximum atomic E-state index is 11.7. The fraction of sp³-hybridized carbons (Fsp3) is 0.462. The van der Waals surface area contributed by atoms with E-state index in [-0.39, 0.29) is 11.8 Å². The summed E-state index contributed by atoms with van der Waals surface area (Å²) in [6.45, 7) is 0.454. The molecule has 1 aromatic rings. The van der Waals surface area contributed by atoms with Crippen molar-refractivity contribution in [1.82, 2.24) is 10.2 Å². The molecule has 1 saturated carbocycles. The van der Waals surface area contributed by atoms with Gasteiger partial charge in [0.15, 0.2) is 11.5 Å². The Kier molecular flexibility index (Phi) is 3.60. The molecule has 0 aliphatic heterocycles. The van der Waals surface area contributed by atoms with Gasteiger partial charge in [0, 0.05) is 19.6 Å². The summed E-state index contributed by atoms with van der Waals surface area (Å²) < 4.78 is 4.97. The van der Waals surface area contributed by atoms with Crippen molar-refractivity contribution in [3.63, 3.8) is 0 Å². The van der Waals surface area contributed by atoms with Gasteiger partial charge in [0.1, 0.15) is 0 Å². The van der Waals surface area contributed by atoms with Gasteiger partial charge in [-0.25, -0.2) is 4.79 Å². The third-order valence-electron chi connectivity index (χ3n) is 2.91. The van der Waals surface area contributed by atoms with Crippen molar-refractivity contribution in [3.8, 4) is 11.5 Å². The second-order valence-corrected chi connectivity index (χ2v) is 4.59. The first-order chi connectivity index (χ1) is 8.60. The average Bonchev–Trinajstić information content (AvgIpc) is 3.13. The number of hydrogen-bond donors (Lipinski definition) is 2. The molecule has 0 atom stereocenters. The molecule has 0 aromatic heterocycles. The minimum atomic E-state index is -0.0761. The lowest BCUT2D eigenvalue weighted by Crippen LogP contribution is -2.37. The number of rotatable bonds is 4. The summed E-state index contributed by atoms with van der Waals surface area (Å²) in [5.41, 5.74) is 0.863. The number of aromatic hydroxyl groups is 1. The molecule has 1 aliphatic carbocycles. The van der Waals surface area contributed by atoms with E-state index < -0.39 is 0 Å². The molecular weight excluding hydrogens is 232 g/mol. The van der Waals surface area contributed by atoms with Gasteiger partial charge >= 0.3 is 6.03 Å². The molecule has 0 radical (unpaired) electrons. The summed E-state index contributed by atoms with van der Waals surface area (Å²) in [5, 5.41) is 12.6. The molecule has 5 nitrogen and oxygen atoms in total. The molecule has 1 fully saturated rings. The van der Waals surface area contributed by atoms with Gasteiger partial charge in [-0.1, -0.05) is 6.07 Å². The number of hydrogen-bond acceptors (Lipinski definition) is 3. The van der Waals surface area contributed by atoms with Crippen LogP contribution in [0.3, 0.4) is 0 Å². The Morgan fingerprint density at radius 2 is 2.28 bits per heavy atom. The second-order valence-electron chi connectivity index (χ2n) is 4.59. The van der Waals surface area contributed by atoms with Crippen LogP contribution in [0.4, 0.5) is 4.79 Å². The summed E-state index contributed by atoms with van der Waals surface area (Å²) in [4.78, 5) is 13.3. The molecule has 5 heteroatoms. The zero-order valence-electron chi connectivity index (χ0n) is 10.6. The van der Waals surface area contributed by atoms with Crippen LogP contribution >= 0.6 is 0 Å². The standard InChI is InChI=1S/C13H18N2O3/c1-15(13(17)14-10-4-5-10)8-9-3-6-12(18-2)11(16)7-9/h3,6-7,10,16H,4-5,8H2,1-2H3,(H,14,17). The Morgan fingerprint density at radius 1 is 1.56 bits per heavy atom. The van der Waals surface area contributed by atoms with Gasteiger partial charge in [-0.05, 0) is 30.5 Å². The first kappa shape index (κ1) is 12.5. The minimum Gasteiger partial charge on any atom is -0.504 e. The summed E-state index contributed by atoms with van der Waals surface area (Å²) >= 11 is 0. The molecule has 0 saturated heterocycles. The summed E-state index contributed by atoms with van der Waals surface area (Å²) in [7, 11) is 3.24. The van der Waals surface area contributed by atoms with Crippen molar-refractivity contribution in [1.29, 1.82) is 0 Å². The lowest BCUT2D eigenvalue weighted by atomic mass is 10.2. The van der Waals surface area contributed by atoms with Crippen LogP contribution in [-0.4, -0.2) is 36.2 Å². The molecule has 0 heterocycles. The van der Waals surface area contributed by atoms with Crippen molar-refractivity contribution >= 4 is 6.03 Å². The SMILES string of the molecule is COc1ccc(CN(C)C(=O)NC2CC2)cc1O. The molecule has 0 bridgehead atoms. The number of carbonyl (C=O) groups excluding carboxylic acids is 1. The number of phenols is 1. The van der Waals surface area contributed by atoms with E-state index >= 15 is 0 Å². The summed E-state index contributed by atoms with van der Waals surface area (Å²) in [5.74, 6) is 0.523. The number of ether oxygens (including phenoxy) is 1. The monoisotopic (exact) mass is 250 g/mol. The van der Waals surface area contributed by atoms with Crippen LogP contribution < -0.4 is 10.1 Å². The number of nitrogens with zero attached hydrogens (tertiary/aromatic N) is 1. The van der Waals surface area contributed by atoms with Gasteiger partial charge in [-0.2, -0.15) is 0 Å². The maximum absolute atomic E-state index is 11.7. The van der Waals surface area contributed by atoms with Crippen molar-refractivity contribution in [2.75, 3.05) is 14.2 Å². The fourth-order valence-electron chi connectivity index (χ4n) is 1.69. The number of phenolic OH excluding ortho intramolecular Hbond substituents is 1. The van der Waals surface area contributed by atoms with E-state index in [1.165, 1.54) is 7.11 Å². The van der Waals surface area contributed by atoms with Crippen LogP contribution in [0.2, 0.25) is 0 Å². The molecule has 18 heavy (non-hydrogen) atoms. The van der Waals surface area contributed by atoms with E-state index in [1.807, 2.05) is 6.07 Å². The van der Waals surface area contributed by atoms with Gasteiger partial charge in [0.25, 0.3) is 0 Å². The summed E-state index contributed by atoms with van der Waals surface area (Å²) in [6.07, 6.45) is 2.14. The Hall–Kier alpha value is -1.91. The van der Waals surface area contributed by atoms with E-state index in [9.17, 15) is 9.90 Å². The predicted molar refractivity (Wildman–Crippen MR) is 67.7 cm³/mol. The van der Waals surface area contributed by atoms with Crippen LogP contribution in [0.5, 0.6) is 11.5 Å². The van der Waals surface area contributed by atoms with Gasteiger partial charge in [-0.3, -0.25) is 0 Å². The van der Waals surface area contributed by atoms with Crippen LogP contribution in [0.15, 0.2) is 18.2 Å². The van der Waals surface area contributed by atoms with Gasteiger partial charge in [0.05, 0.1) is 7.11 Å². The van der Waals surface area contributed by atoms with Crippen molar-refractivity contribution < 1.29 is 14.6 Å². The number of benzene rings is 1. The third kappa shape index (κ3) is 3.06. The normalized spacial score (nSPS) is 14.1. The van der Waals surface area contributed by atoms with Crippen LogP contribution in [-0.2, 0) is 6.54 Å². The Labute approximate surface area is 106 Å². The molecule has 2 amide bonds. The van der Waals surface area contributed by atoms with Gasteiger partial charge in [0.2, 0.25) is 0 Å². The van der Waals surface area contributed by atoms with E-state index in [1.54, 1.807) is 24.1 Å². The van der Waals surface area contributed by atoms with E-state index in [0.717, 1.165) is 18.4 Å². The molecule has 0 unspecified atom stereocenters. The lowest BCUT2D eigenvalue weighted by Gasteiger charge is -2.18. The van der Waals surface area contributed by atoms with E-state index in [4.69, 9.17) is 4.74 Å². The number of carbonyl (C=O) groups is 1. The maximum Gasteiger partial charge on any atom is 0.317 e. The van der Waals surface area contributed by atoms with Crippen molar-refractivity contribution in [2.45, 2.75) is 25.4 Å². The summed E-state index contributed by atoms with van der Waals surface area (Å²) in [6, 6.07) is 5.41. The minimum absolute atomic E-state index is 0.0761. The number of nitrogens with one attached hydrogen (secondary N) is 1. The molecule has 0 spiro atoms. The Balaban J connectivity index is 1.95. The first-order valence-corrected chi connectivity index (χ1v) is 5.97. The second kappa shape index (κ2) is 5.16. The predicted octanol–water partition coefficient (Wildman–Crippen LogP) is 1.70. The number of methoxy groups -OCH3 is 1. The molecule has 2 rings (SSSR count). The Morgan fingerprint density at radius 3 is 2.83 bits per heavy atom. The highest BCUT2D eigenvalue weighted by atomic mass is 16.5. The smallest absolute Gasteiger partial charge is 0.317 e. The largest absolute Gasteiger partial charge is 0.504 e. The zero-order valence-corrected chi connectivity index (χ0v) is 10.6. The molecule has 2 N–H and O–H groups in total. The quantitative estimate of drug-likeness (QED) is 0.855. The molecule has 98 valence electrons. The Bertz CT molecular complexity index is 444. The average molecular weight is 250 g/mol. The first-order valence-electron chi connectivity index (χ1n) is 5.97. The molecule has 1 aliphatic rings. The van der Waals surface area contributed by atoms with Crippen LogP contribution in [0.1, 0.15) is 18.4 Å². The lowest BCUT2D eigenvalue weighted by molar-refractivity contribution is 0.206. The van der Waals surface area contributed by atoms with Crippen molar-refractivity contribution in [3.05, 3.63) is 23.8 Å². The van der Waals surface area contributed by atoms with Crippen LogP contribution in [0.25, 0.3) is 0 Å².